The first-order valence-electron chi connectivity index (χ1n) is 7.10. The summed E-state index contributed by atoms with van der Waals surface area (Å²) in [7, 11) is 0. The highest BCUT2D eigenvalue weighted by atomic mass is 16.6. The van der Waals surface area contributed by atoms with Crippen molar-refractivity contribution in [3.63, 3.8) is 0 Å². The summed E-state index contributed by atoms with van der Waals surface area (Å²) in [5, 5.41) is 14.8. The number of nitro benzene ring substituents is 1. The molecule has 2 aliphatic rings. The van der Waals surface area contributed by atoms with Crippen LogP contribution in [0.15, 0.2) is 54.7 Å². The molecule has 110 valence electrons. The zero-order chi connectivity index (χ0) is 15.1. The largest absolute Gasteiger partial charge is 0.288 e. The zero-order valence-corrected chi connectivity index (χ0v) is 11.8. The Hall–Kier alpha value is -2.86. The van der Waals surface area contributed by atoms with Gasteiger partial charge in [0.05, 0.1) is 16.3 Å². The van der Waals surface area contributed by atoms with E-state index in [0.29, 0.717) is 0 Å². The van der Waals surface area contributed by atoms with Crippen LogP contribution in [0.25, 0.3) is 5.70 Å². The van der Waals surface area contributed by atoms with Crippen LogP contribution in [0.3, 0.4) is 0 Å². The number of hydrazine groups is 2. The first kappa shape index (κ1) is 12.8. The second-order valence-corrected chi connectivity index (χ2v) is 5.32. The summed E-state index contributed by atoms with van der Waals surface area (Å²) in [6, 6.07) is 14.9. The van der Waals surface area contributed by atoms with Crippen LogP contribution in [-0.4, -0.2) is 16.5 Å². The highest BCUT2D eigenvalue weighted by Gasteiger charge is 2.28. The van der Waals surface area contributed by atoms with Crippen LogP contribution in [0.4, 0.5) is 11.4 Å². The van der Waals surface area contributed by atoms with Gasteiger partial charge in [-0.05, 0) is 18.1 Å². The monoisotopic (exact) mass is 294 g/mol. The van der Waals surface area contributed by atoms with Gasteiger partial charge in [-0.2, -0.15) is 0 Å². The lowest BCUT2D eigenvalue weighted by Gasteiger charge is -2.29. The molecule has 6 heteroatoms. The summed E-state index contributed by atoms with van der Waals surface area (Å²) in [4.78, 5) is 10.5. The predicted octanol–water partition coefficient (Wildman–Crippen LogP) is 2.69. The van der Waals surface area contributed by atoms with E-state index in [1.807, 2.05) is 23.3 Å². The molecule has 0 fully saturated rings. The van der Waals surface area contributed by atoms with Crippen molar-refractivity contribution >= 4 is 17.1 Å². The molecule has 22 heavy (non-hydrogen) atoms. The van der Waals surface area contributed by atoms with Gasteiger partial charge in [0.1, 0.15) is 0 Å². The summed E-state index contributed by atoms with van der Waals surface area (Å²) < 4.78 is 0. The molecule has 0 bridgehead atoms. The average molecular weight is 294 g/mol. The second-order valence-electron chi connectivity index (χ2n) is 5.32. The molecule has 0 saturated carbocycles. The highest BCUT2D eigenvalue weighted by molar-refractivity contribution is 5.73. The third kappa shape index (κ3) is 2.01. The quantitative estimate of drug-likeness (QED) is 0.681. The maximum absolute atomic E-state index is 10.9. The lowest BCUT2D eigenvalue weighted by molar-refractivity contribution is -0.384. The van der Waals surface area contributed by atoms with E-state index in [9.17, 15) is 10.1 Å². The van der Waals surface area contributed by atoms with Crippen molar-refractivity contribution in [2.45, 2.75) is 6.42 Å². The first-order chi connectivity index (χ1) is 10.7. The lowest BCUT2D eigenvalue weighted by Crippen LogP contribution is -2.42. The number of rotatable bonds is 2. The molecule has 0 radical (unpaired) electrons. The number of non-ortho nitro benzene ring substituents is 1. The SMILES string of the molecule is O=[N+]([O-])c1cccc(N2C=C3c4ccccc4CCN3N2)c1. The van der Waals surface area contributed by atoms with E-state index < -0.39 is 0 Å². The van der Waals surface area contributed by atoms with Gasteiger partial charge in [0.15, 0.2) is 0 Å². The van der Waals surface area contributed by atoms with E-state index in [1.165, 1.54) is 17.2 Å². The van der Waals surface area contributed by atoms with E-state index in [1.54, 1.807) is 12.1 Å². The molecule has 0 aliphatic carbocycles. The van der Waals surface area contributed by atoms with Gasteiger partial charge in [-0.1, -0.05) is 30.3 Å². The normalized spacial score (nSPS) is 16.1. The van der Waals surface area contributed by atoms with Crippen LogP contribution in [0.1, 0.15) is 11.1 Å². The Bertz CT molecular complexity index is 787. The Balaban J connectivity index is 1.71. The van der Waals surface area contributed by atoms with E-state index in [4.69, 9.17) is 0 Å². The lowest BCUT2D eigenvalue weighted by atomic mass is 9.98. The van der Waals surface area contributed by atoms with Gasteiger partial charge in [0.25, 0.3) is 5.69 Å². The van der Waals surface area contributed by atoms with Crippen molar-refractivity contribution in [3.8, 4) is 0 Å². The van der Waals surface area contributed by atoms with E-state index in [0.717, 1.165) is 24.4 Å². The second kappa shape index (κ2) is 4.85. The van der Waals surface area contributed by atoms with Crippen LogP contribution >= 0.6 is 0 Å². The fraction of sp³-hybridized carbons (Fsp3) is 0.125. The maximum Gasteiger partial charge on any atom is 0.271 e. The third-order valence-electron chi connectivity index (χ3n) is 3.99. The van der Waals surface area contributed by atoms with Gasteiger partial charge < -0.3 is 0 Å². The smallest absolute Gasteiger partial charge is 0.271 e. The van der Waals surface area contributed by atoms with Crippen molar-refractivity contribution in [1.29, 1.82) is 0 Å². The number of nitro groups is 1. The Morgan fingerprint density at radius 3 is 2.86 bits per heavy atom. The molecule has 0 atom stereocenters. The number of nitrogens with zero attached hydrogens (tertiary/aromatic N) is 3. The number of nitrogens with one attached hydrogen (secondary N) is 1. The van der Waals surface area contributed by atoms with Crippen molar-refractivity contribution in [2.75, 3.05) is 11.6 Å². The molecule has 2 aromatic rings. The van der Waals surface area contributed by atoms with Gasteiger partial charge in [-0.3, -0.25) is 20.1 Å². The van der Waals surface area contributed by atoms with E-state index in [-0.39, 0.29) is 10.6 Å². The summed E-state index contributed by atoms with van der Waals surface area (Å²) in [5.74, 6) is 0. The zero-order valence-electron chi connectivity index (χ0n) is 11.8. The molecule has 4 rings (SSSR count). The standard InChI is InChI=1S/C16H14N4O2/c21-20(22)14-6-3-5-13(10-14)19-11-16-15-7-2-1-4-12(15)8-9-18(16)17-19/h1-7,10-11,17H,8-9H2. The van der Waals surface area contributed by atoms with Crippen molar-refractivity contribution in [3.05, 3.63) is 76.0 Å². The van der Waals surface area contributed by atoms with E-state index >= 15 is 0 Å². The molecule has 2 heterocycles. The fourth-order valence-electron chi connectivity index (χ4n) is 2.90. The summed E-state index contributed by atoms with van der Waals surface area (Å²) in [6.07, 6.45) is 2.96. The van der Waals surface area contributed by atoms with Crippen LogP contribution in [0.2, 0.25) is 0 Å². The summed E-state index contributed by atoms with van der Waals surface area (Å²) >= 11 is 0. The minimum atomic E-state index is -0.380. The first-order valence-corrected chi connectivity index (χ1v) is 7.10. The molecule has 2 aliphatic heterocycles. The average Bonchev–Trinajstić information content (AvgIpc) is 2.99. The predicted molar refractivity (Wildman–Crippen MR) is 83.5 cm³/mol. The van der Waals surface area contributed by atoms with Crippen LogP contribution < -0.4 is 10.5 Å². The number of hydrogen-bond acceptors (Lipinski definition) is 5. The molecule has 0 saturated heterocycles. The molecular formula is C16H14N4O2. The van der Waals surface area contributed by atoms with Crippen molar-refractivity contribution in [1.82, 2.24) is 10.5 Å². The van der Waals surface area contributed by atoms with Gasteiger partial charge in [0.2, 0.25) is 0 Å². The summed E-state index contributed by atoms with van der Waals surface area (Å²) in [6.45, 7) is 0.869. The molecule has 0 amide bonds. The molecule has 2 aromatic carbocycles. The number of anilines is 1. The minimum absolute atomic E-state index is 0.0861. The van der Waals surface area contributed by atoms with Gasteiger partial charge in [0, 0.05) is 30.4 Å². The number of benzene rings is 2. The van der Waals surface area contributed by atoms with Crippen LogP contribution in [-0.2, 0) is 6.42 Å². The molecular weight excluding hydrogens is 280 g/mol. The molecule has 0 spiro atoms. The number of hydrogen-bond donors (Lipinski definition) is 1. The maximum atomic E-state index is 10.9. The highest BCUT2D eigenvalue weighted by Crippen LogP contribution is 2.33. The van der Waals surface area contributed by atoms with Gasteiger partial charge in [-0.15, -0.1) is 5.53 Å². The number of fused-ring (bicyclic) bond motifs is 3. The van der Waals surface area contributed by atoms with Gasteiger partial charge >= 0.3 is 0 Å². The molecule has 0 unspecified atom stereocenters. The minimum Gasteiger partial charge on any atom is -0.288 e. The van der Waals surface area contributed by atoms with Crippen molar-refractivity contribution < 1.29 is 4.92 Å². The van der Waals surface area contributed by atoms with Gasteiger partial charge in [-0.25, -0.2) is 0 Å². The van der Waals surface area contributed by atoms with Crippen LogP contribution in [0.5, 0.6) is 0 Å². The fourth-order valence-corrected chi connectivity index (χ4v) is 2.90. The summed E-state index contributed by atoms with van der Waals surface area (Å²) in [5.41, 5.74) is 7.72. The van der Waals surface area contributed by atoms with Crippen molar-refractivity contribution in [2.24, 2.45) is 0 Å². The molecule has 6 nitrogen and oxygen atoms in total. The molecule has 0 aromatic heterocycles. The topological polar surface area (TPSA) is 61.7 Å². The van der Waals surface area contributed by atoms with Crippen LogP contribution in [0, 0.1) is 10.1 Å². The van der Waals surface area contributed by atoms with E-state index in [2.05, 4.69) is 28.7 Å². The Morgan fingerprint density at radius 1 is 1.14 bits per heavy atom. The molecule has 1 N–H and O–H groups in total. The third-order valence-corrected chi connectivity index (χ3v) is 3.99. The Morgan fingerprint density at radius 2 is 2.00 bits per heavy atom. The Labute approximate surface area is 127 Å². The Kier molecular flexibility index (Phi) is 2.83.